The molecule has 0 spiro atoms. The molecule has 2 saturated carbocycles. The Kier molecular flexibility index (Phi) is 9.57. The number of imidazole rings is 1. The fraction of sp³-hybridized carbons (Fsp3) is 0.531. The highest BCUT2D eigenvalue weighted by Gasteiger charge is 2.33. The first kappa shape index (κ1) is 27.7. The second kappa shape index (κ2) is 13.5. The fourth-order valence-electron chi connectivity index (χ4n) is 6.48. The van der Waals surface area contributed by atoms with Crippen molar-refractivity contribution in [1.29, 1.82) is 0 Å². The molecule has 2 aromatic carbocycles. The highest BCUT2D eigenvalue weighted by atomic mass is 35.5. The first-order valence-electron chi connectivity index (χ1n) is 14.9. The van der Waals surface area contributed by atoms with Crippen molar-refractivity contribution in [2.75, 3.05) is 6.54 Å². The summed E-state index contributed by atoms with van der Waals surface area (Å²) >= 11 is 6.21. The molecule has 0 aliphatic heterocycles. The summed E-state index contributed by atoms with van der Waals surface area (Å²) in [4.78, 5) is 33.7. The normalized spacial score (nSPS) is 16.8. The number of halogens is 1. The van der Waals surface area contributed by atoms with Crippen LogP contribution in [0.4, 0.5) is 0 Å². The number of aryl methyl sites for hydroxylation is 1. The maximum Gasteiger partial charge on any atom is 0.243 e. The molecule has 5 rings (SSSR count). The Morgan fingerprint density at radius 1 is 0.897 bits per heavy atom. The molecule has 2 amide bonds. The second-order valence-corrected chi connectivity index (χ2v) is 11.6. The number of fused-ring (bicyclic) bond motifs is 1. The van der Waals surface area contributed by atoms with Crippen molar-refractivity contribution >= 4 is 34.4 Å². The van der Waals surface area contributed by atoms with Gasteiger partial charge in [-0.3, -0.25) is 9.59 Å². The molecule has 6 nitrogen and oxygen atoms in total. The zero-order valence-corrected chi connectivity index (χ0v) is 23.7. The monoisotopic (exact) mass is 548 g/mol. The number of carbonyl (C=O) groups is 2. The van der Waals surface area contributed by atoms with Crippen LogP contribution in [0.25, 0.3) is 11.0 Å². The molecule has 2 aliphatic rings. The largest absolute Gasteiger partial charge is 0.356 e. The lowest BCUT2D eigenvalue weighted by molar-refractivity contribution is -0.138. The van der Waals surface area contributed by atoms with E-state index in [4.69, 9.17) is 16.6 Å². The third-order valence-corrected chi connectivity index (χ3v) is 8.83. The van der Waals surface area contributed by atoms with Gasteiger partial charge in [0.2, 0.25) is 11.8 Å². The Balaban J connectivity index is 1.26. The zero-order valence-electron chi connectivity index (χ0n) is 22.9. The molecule has 1 heterocycles. The highest BCUT2D eigenvalue weighted by molar-refractivity contribution is 6.31. The smallest absolute Gasteiger partial charge is 0.243 e. The minimum Gasteiger partial charge on any atom is -0.356 e. The molecule has 7 heteroatoms. The van der Waals surface area contributed by atoms with Crippen molar-refractivity contribution in [3.8, 4) is 0 Å². The molecule has 1 N–H and O–H groups in total. The number of hydrogen-bond donors (Lipinski definition) is 1. The van der Waals surface area contributed by atoms with E-state index in [0.717, 1.165) is 54.5 Å². The molecule has 2 fully saturated rings. The van der Waals surface area contributed by atoms with Gasteiger partial charge in [-0.15, -0.1) is 0 Å². The van der Waals surface area contributed by atoms with Crippen LogP contribution in [0.2, 0.25) is 5.02 Å². The molecular formula is C32H41ClN4O2. The third-order valence-electron chi connectivity index (χ3n) is 8.46. The zero-order chi connectivity index (χ0) is 27.0. The van der Waals surface area contributed by atoms with Gasteiger partial charge >= 0.3 is 0 Å². The van der Waals surface area contributed by atoms with Crippen molar-refractivity contribution in [3.05, 3.63) is 64.9 Å². The lowest BCUT2D eigenvalue weighted by Crippen LogP contribution is -2.50. The van der Waals surface area contributed by atoms with Gasteiger partial charge in [-0.25, -0.2) is 4.98 Å². The number of para-hydroxylation sites is 2. The Morgan fingerprint density at radius 3 is 2.23 bits per heavy atom. The van der Waals surface area contributed by atoms with Crippen LogP contribution in [0, 0.1) is 0 Å². The van der Waals surface area contributed by atoms with Crippen LogP contribution in [0.15, 0.2) is 48.5 Å². The SMILES string of the molecule is O=C(Cc1ccccc1Cl)NCCCc1nc2ccccc2n1CC(=O)N(C1CCCCC1)C1CCCCC1. The van der Waals surface area contributed by atoms with E-state index >= 15 is 0 Å². The first-order chi connectivity index (χ1) is 19.1. The van der Waals surface area contributed by atoms with Crippen LogP contribution in [0.3, 0.4) is 0 Å². The third kappa shape index (κ3) is 7.02. The minimum atomic E-state index is -0.0395. The Labute approximate surface area is 237 Å². The Hall–Kier alpha value is -2.86. The standard InChI is InChI=1S/C32H41ClN4O2/c33-27-17-8-7-12-24(27)22-31(38)34-21-11-20-30-35-28-18-9-10-19-29(28)36(30)23-32(39)37(25-13-3-1-4-14-25)26-15-5-2-6-16-26/h7-10,12,17-19,25-26H,1-6,11,13-16,20-23H2,(H,34,38). The Morgan fingerprint density at radius 2 is 1.54 bits per heavy atom. The number of rotatable bonds is 10. The minimum absolute atomic E-state index is 0.0395. The van der Waals surface area contributed by atoms with Gasteiger partial charge in [0.1, 0.15) is 12.4 Å². The predicted molar refractivity (Wildman–Crippen MR) is 157 cm³/mol. The maximum atomic E-state index is 14.0. The molecule has 0 unspecified atom stereocenters. The average molecular weight is 549 g/mol. The van der Waals surface area contributed by atoms with Gasteiger partial charge in [0.25, 0.3) is 0 Å². The molecule has 208 valence electrons. The van der Waals surface area contributed by atoms with Crippen LogP contribution in [-0.4, -0.2) is 44.9 Å². The summed E-state index contributed by atoms with van der Waals surface area (Å²) in [7, 11) is 0. The quantitative estimate of drug-likeness (QED) is 0.295. The lowest BCUT2D eigenvalue weighted by Gasteiger charge is -2.42. The van der Waals surface area contributed by atoms with Gasteiger partial charge in [-0.2, -0.15) is 0 Å². The van der Waals surface area contributed by atoms with Crippen molar-refractivity contribution in [1.82, 2.24) is 19.8 Å². The van der Waals surface area contributed by atoms with E-state index in [-0.39, 0.29) is 18.2 Å². The summed E-state index contributed by atoms with van der Waals surface area (Å²) in [6, 6.07) is 16.3. The summed E-state index contributed by atoms with van der Waals surface area (Å²) in [6.07, 6.45) is 13.7. The van der Waals surface area contributed by atoms with E-state index in [1.165, 1.54) is 38.5 Å². The van der Waals surface area contributed by atoms with Crippen molar-refractivity contribution in [3.63, 3.8) is 0 Å². The van der Waals surface area contributed by atoms with E-state index < -0.39 is 0 Å². The van der Waals surface area contributed by atoms with E-state index in [1.54, 1.807) is 6.07 Å². The summed E-state index contributed by atoms with van der Waals surface area (Å²) in [5, 5.41) is 3.63. The topological polar surface area (TPSA) is 67.2 Å². The number of aromatic nitrogens is 2. The van der Waals surface area contributed by atoms with Crippen LogP contribution >= 0.6 is 11.6 Å². The number of amides is 2. The van der Waals surface area contributed by atoms with Gasteiger partial charge in [0, 0.05) is 30.1 Å². The summed E-state index contributed by atoms with van der Waals surface area (Å²) in [6.45, 7) is 0.887. The van der Waals surface area contributed by atoms with Gasteiger partial charge in [-0.05, 0) is 55.9 Å². The van der Waals surface area contributed by atoms with Crippen molar-refractivity contribution in [2.45, 2.75) is 102 Å². The fourth-order valence-corrected chi connectivity index (χ4v) is 6.69. The molecule has 3 aromatic rings. The van der Waals surface area contributed by atoms with Gasteiger partial charge in [-0.1, -0.05) is 80.5 Å². The lowest BCUT2D eigenvalue weighted by atomic mass is 9.88. The average Bonchev–Trinajstić information content (AvgIpc) is 3.30. The van der Waals surface area contributed by atoms with Crippen LogP contribution in [-0.2, 0) is 29.0 Å². The van der Waals surface area contributed by atoms with Gasteiger partial charge in [0.15, 0.2) is 0 Å². The summed E-state index contributed by atoms with van der Waals surface area (Å²) in [5.41, 5.74) is 2.76. The number of nitrogens with one attached hydrogen (secondary N) is 1. The molecule has 1 aromatic heterocycles. The summed E-state index contributed by atoms with van der Waals surface area (Å²) in [5.74, 6) is 1.12. The van der Waals surface area contributed by atoms with E-state index in [2.05, 4.69) is 20.9 Å². The van der Waals surface area contributed by atoms with Gasteiger partial charge < -0.3 is 14.8 Å². The van der Waals surface area contributed by atoms with E-state index in [1.807, 2.05) is 36.4 Å². The number of hydrogen-bond acceptors (Lipinski definition) is 3. The van der Waals surface area contributed by atoms with Gasteiger partial charge in [0.05, 0.1) is 17.5 Å². The van der Waals surface area contributed by atoms with E-state index in [9.17, 15) is 9.59 Å². The molecule has 0 radical (unpaired) electrons. The predicted octanol–water partition coefficient (Wildman–Crippen LogP) is 6.48. The van der Waals surface area contributed by atoms with Crippen LogP contribution in [0.5, 0.6) is 0 Å². The molecule has 39 heavy (non-hydrogen) atoms. The number of benzene rings is 2. The van der Waals surface area contributed by atoms with Crippen LogP contribution < -0.4 is 5.32 Å². The molecular weight excluding hydrogens is 508 g/mol. The Bertz CT molecular complexity index is 1240. The van der Waals surface area contributed by atoms with E-state index in [0.29, 0.717) is 36.6 Å². The molecule has 0 atom stereocenters. The second-order valence-electron chi connectivity index (χ2n) is 11.2. The highest BCUT2D eigenvalue weighted by Crippen LogP contribution is 2.31. The van der Waals surface area contributed by atoms with Crippen LogP contribution in [0.1, 0.15) is 82.0 Å². The molecule has 2 aliphatic carbocycles. The maximum absolute atomic E-state index is 14.0. The number of nitrogens with zero attached hydrogens (tertiary/aromatic N) is 3. The molecule has 0 bridgehead atoms. The number of carbonyl (C=O) groups excluding carboxylic acids is 2. The van der Waals surface area contributed by atoms with Crippen molar-refractivity contribution in [2.24, 2.45) is 0 Å². The van der Waals surface area contributed by atoms with Crippen molar-refractivity contribution < 1.29 is 9.59 Å². The first-order valence-corrected chi connectivity index (χ1v) is 15.2. The molecule has 0 saturated heterocycles. The summed E-state index contributed by atoms with van der Waals surface area (Å²) < 4.78 is 2.13.